The Morgan fingerprint density at radius 2 is 1.41 bits per heavy atom. The Labute approximate surface area is 206 Å². The lowest BCUT2D eigenvalue weighted by molar-refractivity contribution is 0.111. The van der Waals surface area contributed by atoms with Gasteiger partial charge >= 0.3 is 0 Å². The first-order chi connectivity index (χ1) is 16.5. The molecule has 6 rings (SSSR count). The molecule has 0 aromatic carbocycles. The van der Waals surface area contributed by atoms with Crippen LogP contribution in [-0.2, 0) is 6.61 Å². The zero-order valence-electron chi connectivity index (χ0n) is 18.4. The van der Waals surface area contributed by atoms with Gasteiger partial charge in [-0.05, 0) is 37.5 Å². The number of rotatable bonds is 8. The van der Waals surface area contributed by atoms with Crippen molar-refractivity contribution in [1.29, 1.82) is 0 Å². The second kappa shape index (κ2) is 9.82. The van der Waals surface area contributed by atoms with Crippen molar-refractivity contribution in [3.8, 4) is 11.5 Å². The molecule has 10 heteroatoms. The SMILES string of the molecule is O=Cc1cn2cc(OCC3CC3)c(Cl)cc2n1.OCc1cn2cc(OCC3CC3)c(Cl)cc2n1. The van der Waals surface area contributed by atoms with Gasteiger partial charge < -0.3 is 23.4 Å². The summed E-state index contributed by atoms with van der Waals surface area (Å²) in [6.07, 6.45) is 12.7. The molecule has 0 bridgehead atoms. The van der Waals surface area contributed by atoms with Gasteiger partial charge in [0.15, 0.2) is 17.8 Å². The molecule has 0 spiro atoms. The molecule has 0 radical (unpaired) electrons. The first-order valence-corrected chi connectivity index (χ1v) is 11.9. The van der Waals surface area contributed by atoms with Gasteiger partial charge in [0.25, 0.3) is 0 Å². The number of nitrogens with zero attached hydrogens (tertiary/aromatic N) is 4. The van der Waals surface area contributed by atoms with Crippen molar-refractivity contribution in [2.24, 2.45) is 11.8 Å². The molecular weight excluding hydrogens is 479 g/mol. The van der Waals surface area contributed by atoms with E-state index in [-0.39, 0.29) is 6.61 Å². The van der Waals surface area contributed by atoms with E-state index in [4.69, 9.17) is 37.8 Å². The molecule has 4 heterocycles. The van der Waals surface area contributed by atoms with Crippen LogP contribution in [0.25, 0.3) is 11.3 Å². The zero-order valence-corrected chi connectivity index (χ0v) is 19.9. The predicted octanol–water partition coefficient (Wildman–Crippen LogP) is 4.86. The summed E-state index contributed by atoms with van der Waals surface area (Å²) in [5.74, 6) is 2.68. The highest BCUT2D eigenvalue weighted by Gasteiger charge is 2.23. The van der Waals surface area contributed by atoms with Crippen molar-refractivity contribution in [2.45, 2.75) is 32.3 Å². The summed E-state index contributed by atoms with van der Waals surface area (Å²) in [4.78, 5) is 18.9. The van der Waals surface area contributed by atoms with Crippen molar-refractivity contribution < 1.29 is 19.4 Å². The number of pyridine rings is 2. The van der Waals surface area contributed by atoms with Crippen LogP contribution in [0.5, 0.6) is 11.5 Å². The summed E-state index contributed by atoms with van der Waals surface area (Å²) in [5.41, 5.74) is 2.38. The number of fused-ring (bicyclic) bond motifs is 2. The number of hydrogen-bond donors (Lipinski definition) is 1. The van der Waals surface area contributed by atoms with E-state index in [1.165, 1.54) is 25.7 Å². The van der Waals surface area contributed by atoms with Gasteiger partial charge in [-0.1, -0.05) is 23.2 Å². The van der Waals surface area contributed by atoms with Gasteiger partial charge in [-0.25, -0.2) is 9.97 Å². The summed E-state index contributed by atoms with van der Waals surface area (Å²) in [6.45, 7) is 1.37. The number of hydrogen-bond acceptors (Lipinski definition) is 6. The lowest BCUT2D eigenvalue weighted by atomic mass is 10.4. The lowest BCUT2D eigenvalue weighted by Crippen LogP contribution is -2.00. The Balaban J connectivity index is 0.000000142. The standard InChI is InChI=1S/C12H13ClN2O2.C12H11ClN2O2/c2*13-10-3-12-14-9(6-16)4-15(12)5-11(10)17-7-8-1-2-8/h3-5,8,16H,1-2,6-7H2;3-6,8H,1-2,7H2. The van der Waals surface area contributed by atoms with Gasteiger partial charge in [0.2, 0.25) is 0 Å². The minimum Gasteiger partial charge on any atom is -0.490 e. The van der Waals surface area contributed by atoms with Crippen LogP contribution in [0.1, 0.15) is 41.9 Å². The third-order valence-electron chi connectivity index (χ3n) is 5.71. The van der Waals surface area contributed by atoms with Crippen molar-refractivity contribution in [2.75, 3.05) is 13.2 Å². The number of aldehydes is 1. The maximum absolute atomic E-state index is 10.6. The summed E-state index contributed by atoms with van der Waals surface area (Å²) >= 11 is 12.2. The fourth-order valence-electron chi connectivity index (χ4n) is 3.38. The number of ether oxygens (including phenoxy) is 2. The van der Waals surface area contributed by atoms with Crippen molar-refractivity contribution >= 4 is 40.8 Å². The topological polar surface area (TPSA) is 90.4 Å². The molecule has 8 nitrogen and oxygen atoms in total. The van der Waals surface area contributed by atoms with Crippen LogP contribution < -0.4 is 9.47 Å². The predicted molar refractivity (Wildman–Crippen MR) is 128 cm³/mol. The monoisotopic (exact) mass is 502 g/mol. The van der Waals surface area contributed by atoms with Gasteiger partial charge in [0, 0.05) is 24.5 Å². The Bertz CT molecular complexity index is 1330. The number of aliphatic hydroxyl groups is 1. The van der Waals surface area contributed by atoms with Crippen LogP contribution in [0.2, 0.25) is 10.0 Å². The maximum Gasteiger partial charge on any atom is 0.170 e. The van der Waals surface area contributed by atoms with Gasteiger partial charge in [0.05, 0.1) is 48.0 Å². The highest BCUT2D eigenvalue weighted by atomic mass is 35.5. The average molecular weight is 503 g/mol. The first kappa shape index (κ1) is 23.0. The molecule has 4 aromatic rings. The molecular formula is C24H24Cl2N4O4. The smallest absolute Gasteiger partial charge is 0.170 e. The van der Waals surface area contributed by atoms with Crippen LogP contribution in [0.4, 0.5) is 0 Å². The number of aliphatic hydroxyl groups excluding tert-OH is 1. The quantitative estimate of drug-likeness (QED) is 0.346. The van der Waals surface area contributed by atoms with Crippen LogP contribution in [0.15, 0.2) is 36.9 Å². The fourth-order valence-corrected chi connectivity index (χ4v) is 3.78. The average Bonchev–Trinajstić information content (AvgIpc) is 3.76. The third kappa shape index (κ3) is 5.46. The number of imidazole rings is 2. The highest BCUT2D eigenvalue weighted by molar-refractivity contribution is 6.32. The van der Waals surface area contributed by atoms with Crippen LogP contribution in [0.3, 0.4) is 0 Å². The molecule has 0 saturated heterocycles. The van der Waals surface area contributed by atoms with E-state index in [0.717, 1.165) is 12.3 Å². The molecule has 0 amide bonds. The van der Waals surface area contributed by atoms with E-state index in [0.29, 0.717) is 63.3 Å². The normalized spacial score (nSPS) is 15.3. The van der Waals surface area contributed by atoms with Crippen LogP contribution in [0, 0.1) is 11.8 Å². The van der Waals surface area contributed by atoms with Gasteiger partial charge in [-0.15, -0.1) is 0 Å². The Kier molecular flexibility index (Phi) is 6.63. The molecule has 0 atom stereocenters. The molecule has 178 valence electrons. The van der Waals surface area contributed by atoms with Gasteiger partial charge in [-0.3, -0.25) is 4.79 Å². The molecule has 0 unspecified atom stereocenters. The molecule has 2 saturated carbocycles. The van der Waals surface area contributed by atoms with Gasteiger partial charge in [0.1, 0.15) is 17.0 Å². The molecule has 4 aromatic heterocycles. The number of halogens is 2. The molecule has 2 aliphatic carbocycles. The fraction of sp³-hybridized carbons (Fsp3) is 0.375. The second-order valence-corrected chi connectivity index (χ2v) is 9.50. The largest absolute Gasteiger partial charge is 0.490 e. The lowest BCUT2D eigenvalue weighted by Gasteiger charge is -2.07. The second-order valence-electron chi connectivity index (χ2n) is 8.68. The number of carbonyl (C=O) groups is 1. The van der Waals surface area contributed by atoms with E-state index >= 15 is 0 Å². The Morgan fingerprint density at radius 3 is 1.91 bits per heavy atom. The van der Waals surface area contributed by atoms with E-state index in [1.54, 1.807) is 35.1 Å². The van der Waals surface area contributed by atoms with Crippen molar-refractivity contribution in [3.05, 3.63) is 58.4 Å². The zero-order chi connectivity index (χ0) is 23.7. The summed E-state index contributed by atoms with van der Waals surface area (Å²) in [5, 5.41) is 10.1. The minimum absolute atomic E-state index is 0.0719. The third-order valence-corrected chi connectivity index (χ3v) is 6.30. The minimum atomic E-state index is -0.0719. The van der Waals surface area contributed by atoms with Crippen molar-refractivity contribution in [3.63, 3.8) is 0 Å². The van der Waals surface area contributed by atoms with Crippen molar-refractivity contribution in [1.82, 2.24) is 18.8 Å². The van der Waals surface area contributed by atoms with E-state index < -0.39 is 0 Å². The molecule has 2 aliphatic rings. The highest BCUT2D eigenvalue weighted by Crippen LogP contribution is 2.33. The van der Waals surface area contributed by atoms with Gasteiger partial charge in [-0.2, -0.15) is 0 Å². The van der Waals surface area contributed by atoms with E-state index in [1.807, 2.05) is 10.6 Å². The molecule has 0 aliphatic heterocycles. The molecule has 2 fully saturated rings. The van der Waals surface area contributed by atoms with E-state index in [9.17, 15) is 4.79 Å². The number of carbonyl (C=O) groups excluding carboxylic acids is 1. The Morgan fingerprint density at radius 1 is 0.882 bits per heavy atom. The summed E-state index contributed by atoms with van der Waals surface area (Å²) < 4.78 is 14.9. The van der Waals surface area contributed by atoms with E-state index in [2.05, 4.69) is 9.97 Å². The summed E-state index contributed by atoms with van der Waals surface area (Å²) in [7, 11) is 0. The Hall–Kier alpha value is -2.81. The molecule has 1 N–H and O–H groups in total. The van der Waals surface area contributed by atoms with Crippen LogP contribution in [-0.4, -0.2) is 43.4 Å². The summed E-state index contributed by atoms with van der Waals surface area (Å²) in [6, 6.07) is 3.46. The van der Waals surface area contributed by atoms with Crippen LogP contribution >= 0.6 is 23.2 Å². The maximum atomic E-state index is 10.6. The number of aromatic nitrogens is 4. The molecule has 34 heavy (non-hydrogen) atoms. The first-order valence-electron chi connectivity index (χ1n) is 11.2.